The van der Waals surface area contributed by atoms with Gasteiger partial charge in [-0.05, 0) is 42.7 Å². The molecule has 0 spiro atoms. The molecule has 3 nitrogen and oxygen atoms in total. The number of nitrogens with zero attached hydrogens (tertiary/aromatic N) is 1. The molecule has 0 amide bonds. The van der Waals surface area contributed by atoms with E-state index in [0.717, 1.165) is 24.3 Å². The molecule has 3 atom stereocenters. The highest BCUT2D eigenvalue weighted by molar-refractivity contribution is 5.49. The van der Waals surface area contributed by atoms with E-state index in [9.17, 15) is 0 Å². The van der Waals surface area contributed by atoms with Crippen LogP contribution in [0.1, 0.15) is 40.0 Å². The maximum atomic E-state index is 6.29. The Morgan fingerprint density at radius 1 is 1.19 bits per heavy atom. The van der Waals surface area contributed by atoms with E-state index in [1.807, 2.05) is 26.2 Å². The summed E-state index contributed by atoms with van der Waals surface area (Å²) < 4.78 is 6.23. The third-order valence-corrected chi connectivity index (χ3v) is 4.69. The second-order valence-electron chi connectivity index (χ2n) is 7.59. The van der Waals surface area contributed by atoms with Gasteiger partial charge < -0.3 is 15.4 Å². The van der Waals surface area contributed by atoms with Crippen molar-refractivity contribution in [2.75, 3.05) is 19.0 Å². The molecule has 1 aromatic carbocycles. The van der Waals surface area contributed by atoms with Crippen LogP contribution in [0.2, 0.25) is 0 Å². The summed E-state index contributed by atoms with van der Waals surface area (Å²) in [7, 11) is 4.09. The van der Waals surface area contributed by atoms with E-state index in [1.165, 1.54) is 6.42 Å². The van der Waals surface area contributed by atoms with Crippen LogP contribution in [0, 0.1) is 11.3 Å². The first-order valence-electron chi connectivity index (χ1n) is 7.97. The fourth-order valence-corrected chi connectivity index (χ4v) is 3.08. The van der Waals surface area contributed by atoms with Gasteiger partial charge in [-0.15, -0.1) is 0 Å². The molecule has 1 aliphatic carbocycles. The van der Waals surface area contributed by atoms with Crippen molar-refractivity contribution in [1.82, 2.24) is 0 Å². The molecule has 3 unspecified atom stereocenters. The number of hydrogen-bond acceptors (Lipinski definition) is 3. The minimum Gasteiger partial charge on any atom is -0.489 e. The van der Waals surface area contributed by atoms with E-state index in [2.05, 4.69) is 37.8 Å². The Morgan fingerprint density at radius 3 is 2.52 bits per heavy atom. The summed E-state index contributed by atoms with van der Waals surface area (Å²) in [4.78, 5) is 2.09. The van der Waals surface area contributed by atoms with Crippen LogP contribution < -0.4 is 15.4 Å². The van der Waals surface area contributed by atoms with Crippen LogP contribution >= 0.6 is 0 Å². The molecule has 1 fully saturated rings. The fraction of sp³-hybridized carbons (Fsp3) is 0.667. The van der Waals surface area contributed by atoms with E-state index in [1.54, 1.807) is 0 Å². The van der Waals surface area contributed by atoms with Crippen LogP contribution in [-0.4, -0.2) is 26.2 Å². The average Bonchev–Trinajstić information content (AvgIpc) is 2.40. The Balaban J connectivity index is 2.08. The quantitative estimate of drug-likeness (QED) is 0.923. The number of ether oxygens (including phenoxy) is 1. The predicted molar refractivity (Wildman–Crippen MR) is 90.0 cm³/mol. The van der Waals surface area contributed by atoms with Gasteiger partial charge in [-0.1, -0.05) is 26.8 Å². The molecule has 3 heteroatoms. The van der Waals surface area contributed by atoms with Gasteiger partial charge in [0.15, 0.2) is 0 Å². The molecule has 0 bridgehead atoms. The molecule has 1 saturated carbocycles. The molecule has 1 aliphatic rings. The molecule has 2 N–H and O–H groups in total. The number of benzene rings is 1. The lowest BCUT2D eigenvalue weighted by molar-refractivity contribution is 0.0592. The summed E-state index contributed by atoms with van der Waals surface area (Å²) in [5, 5.41) is 0. The van der Waals surface area contributed by atoms with Gasteiger partial charge in [0.05, 0.1) is 0 Å². The van der Waals surface area contributed by atoms with Crippen LogP contribution in [0.15, 0.2) is 24.3 Å². The van der Waals surface area contributed by atoms with Gasteiger partial charge in [-0.2, -0.15) is 0 Å². The summed E-state index contributed by atoms with van der Waals surface area (Å²) in [6, 6.07) is 8.39. The topological polar surface area (TPSA) is 38.5 Å². The highest BCUT2D eigenvalue weighted by Gasteiger charge is 2.35. The zero-order chi connectivity index (χ0) is 15.6. The Labute approximate surface area is 129 Å². The van der Waals surface area contributed by atoms with Gasteiger partial charge in [-0.3, -0.25) is 0 Å². The smallest absolute Gasteiger partial charge is 0.121 e. The summed E-state index contributed by atoms with van der Waals surface area (Å²) in [6.45, 7) is 6.95. The van der Waals surface area contributed by atoms with Gasteiger partial charge in [-0.25, -0.2) is 0 Å². The van der Waals surface area contributed by atoms with Crippen molar-refractivity contribution in [3.63, 3.8) is 0 Å². The minimum absolute atomic E-state index is 0.125. The third-order valence-electron chi connectivity index (χ3n) is 4.69. The normalized spacial score (nSPS) is 26.5. The zero-order valence-electron chi connectivity index (χ0n) is 14.1. The zero-order valence-corrected chi connectivity index (χ0v) is 14.1. The molecule has 0 aliphatic heterocycles. The second kappa shape index (κ2) is 6.27. The van der Waals surface area contributed by atoms with Gasteiger partial charge >= 0.3 is 0 Å². The van der Waals surface area contributed by atoms with E-state index in [-0.39, 0.29) is 12.1 Å². The first-order chi connectivity index (χ1) is 9.77. The lowest BCUT2D eigenvalue weighted by atomic mass is 9.70. The van der Waals surface area contributed by atoms with Crippen molar-refractivity contribution in [3.8, 4) is 5.75 Å². The number of nitrogens with two attached hydrogens (primary N) is 1. The van der Waals surface area contributed by atoms with E-state index in [4.69, 9.17) is 10.5 Å². The Bertz CT molecular complexity index is 465. The number of anilines is 1. The maximum Gasteiger partial charge on any atom is 0.121 e. The van der Waals surface area contributed by atoms with Gasteiger partial charge in [0.25, 0.3) is 0 Å². The van der Waals surface area contributed by atoms with Crippen molar-refractivity contribution < 1.29 is 4.74 Å². The van der Waals surface area contributed by atoms with E-state index >= 15 is 0 Å². The van der Waals surface area contributed by atoms with Crippen molar-refractivity contribution in [2.24, 2.45) is 17.1 Å². The van der Waals surface area contributed by atoms with Crippen LogP contribution in [0.25, 0.3) is 0 Å². The van der Waals surface area contributed by atoms with Crippen LogP contribution in [0.3, 0.4) is 0 Å². The largest absolute Gasteiger partial charge is 0.489 e. The molecule has 0 saturated heterocycles. The number of rotatable bonds is 3. The van der Waals surface area contributed by atoms with Gasteiger partial charge in [0.2, 0.25) is 0 Å². The second-order valence-corrected chi connectivity index (χ2v) is 7.59. The van der Waals surface area contributed by atoms with Crippen LogP contribution in [0.4, 0.5) is 5.69 Å². The fourth-order valence-electron chi connectivity index (χ4n) is 3.08. The average molecular weight is 290 g/mol. The molecule has 0 radical (unpaired) electrons. The number of hydrogen-bond donors (Lipinski definition) is 1. The molecular weight excluding hydrogens is 260 g/mol. The molecule has 1 aromatic rings. The highest BCUT2D eigenvalue weighted by atomic mass is 16.5. The Hall–Kier alpha value is -1.22. The van der Waals surface area contributed by atoms with E-state index < -0.39 is 0 Å². The van der Waals surface area contributed by atoms with Gasteiger partial charge in [0, 0.05) is 31.9 Å². The van der Waals surface area contributed by atoms with Crippen LogP contribution in [-0.2, 0) is 0 Å². The van der Waals surface area contributed by atoms with Crippen LogP contribution in [0.5, 0.6) is 5.75 Å². The first kappa shape index (κ1) is 16.2. The van der Waals surface area contributed by atoms with Crippen molar-refractivity contribution in [3.05, 3.63) is 24.3 Å². The summed E-state index contributed by atoms with van der Waals surface area (Å²) in [5.74, 6) is 1.61. The Kier molecular flexibility index (Phi) is 4.82. The lowest BCUT2D eigenvalue weighted by Gasteiger charge is -2.40. The lowest BCUT2D eigenvalue weighted by Crippen LogP contribution is -2.46. The molecule has 2 rings (SSSR count). The van der Waals surface area contributed by atoms with E-state index in [0.29, 0.717) is 11.3 Å². The molecular formula is C18H30N2O. The molecule has 118 valence electrons. The van der Waals surface area contributed by atoms with Crippen molar-refractivity contribution in [2.45, 2.75) is 52.2 Å². The summed E-state index contributed by atoms with van der Waals surface area (Å²) in [6.07, 6.45) is 3.44. The standard InChI is InChI=1S/C18H30N2O/c1-18(2,3)13-9-10-16(19)17(11-13)21-15-8-6-7-14(12-15)20(4)5/h6-8,12-13,16-17H,9-11,19H2,1-5H3. The summed E-state index contributed by atoms with van der Waals surface area (Å²) >= 11 is 0. The SMILES string of the molecule is CN(C)c1cccc(OC2CC(C(C)(C)C)CCC2N)c1. The maximum absolute atomic E-state index is 6.29. The Morgan fingerprint density at radius 2 is 1.90 bits per heavy atom. The minimum atomic E-state index is 0.125. The highest BCUT2D eigenvalue weighted by Crippen LogP contribution is 2.38. The first-order valence-corrected chi connectivity index (χ1v) is 7.97. The predicted octanol–water partition coefficient (Wildman–Crippen LogP) is 3.67. The third kappa shape index (κ3) is 4.13. The molecule has 0 heterocycles. The summed E-state index contributed by atoms with van der Waals surface area (Å²) in [5.41, 5.74) is 7.78. The monoisotopic (exact) mass is 290 g/mol. The van der Waals surface area contributed by atoms with Gasteiger partial charge in [0.1, 0.15) is 11.9 Å². The molecule has 21 heavy (non-hydrogen) atoms. The molecule has 0 aromatic heterocycles. The van der Waals surface area contributed by atoms with Crippen molar-refractivity contribution in [1.29, 1.82) is 0 Å². The van der Waals surface area contributed by atoms with Crippen molar-refractivity contribution >= 4 is 5.69 Å².